The topological polar surface area (TPSA) is 86.8 Å². The molecule has 0 aliphatic carbocycles. The molecule has 0 bridgehead atoms. The maximum atomic E-state index is 12.8. The Bertz CT molecular complexity index is 775. The number of sulfonamides is 1. The molecule has 0 saturated carbocycles. The summed E-state index contributed by atoms with van der Waals surface area (Å²) in [5, 5.41) is 3.20. The fourth-order valence-electron chi connectivity index (χ4n) is 3.03. The lowest BCUT2D eigenvalue weighted by Gasteiger charge is -2.30. The van der Waals surface area contributed by atoms with Crippen LogP contribution in [0.5, 0.6) is 0 Å². The van der Waals surface area contributed by atoms with Gasteiger partial charge in [0, 0.05) is 20.1 Å². The zero-order valence-electron chi connectivity index (χ0n) is 13.5. The van der Waals surface area contributed by atoms with Gasteiger partial charge in [0.1, 0.15) is 0 Å². The van der Waals surface area contributed by atoms with Crippen molar-refractivity contribution < 1.29 is 18.0 Å². The molecule has 0 atom stereocenters. The molecule has 0 unspecified atom stereocenters. The third-order valence-corrected chi connectivity index (χ3v) is 6.47. The first-order valence-corrected chi connectivity index (χ1v) is 8.93. The summed E-state index contributed by atoms with van der Waals surface area (Å²) in [4.78, 5) is 25.0. The van der Waals surface area contributed by atoms with Crippen molar-refractivity contribution in [2.75, 3.05) is 27.2 Å². The van der Waals surface area contributed by atoms with Gasteiger partial charge in [-0.05, 0) is 44.1 Å². The van der Waals surface area contributed by atoms with Gasteiger partial charge in [0.2, 0.25) is 10.0 Å². The highest BCUT2D eigenvalue weighted by Crippen LogP contribution is 2.27. The number of carbonyl (C=O) groups excluding carboxylic acids is 2. The minimum atomic E-state index is -3.70. The standard InChI is InChI=1S/C15H19N3O4S.ClH/c1-17-14(19)12-4-3-11(9-13(12)15(17)20)23(21,22)18(2)10-5-7-16-8-6-10;/h3-4,9-10,16H,5-8H2,1-2H3;1H. The van der Waals surface area contributed by atoms with Crippen molar-refractivity contribution in [2.24, 2.45) is 0 Å². The molecule has 2 heterocycles. The number of carbonyl (C=O) groups is 2. The van der Waals surface area contributed by atoms with Crippen molar-refractivity contribution in [1.82, 2.24) is 14.5 Å². The fraction of sp³-hybridized carbons (Fsp3) is 0.467. The highest BCUT2D eigenvalue weighted by atomic mass is 35.5. The maximum absolute atomic E-state index is 12.8. The predicted octanol–water partition coefficient (Wildman–Crippen LogP) is 0.707. The molecule has 1 fully saturated rings. The summed E-state index contributed by atoms with van der Waals surface area (Å²) in [6.07, 6.45) is 1.50. The third-order valence-electron chi connectivity index (χ3n) is 4.56. The van der Waals surface area contributed by atoms with E-state index in [1.165, 1.54) is 29.6 Å². The number of nitrogens with zero attached hydrogens (tertiary/aromatic N) is 2. The number of benzene rings is 1. The molecule has 1 saturated heterocycles. The van der Waals surface area contributed by atoms with E-state index in [1.54, 1.807) is 7.05 Å². The van der Waals surface area contributed by atoms with E-state index in [4.69, 9.17) is 0 Å². The molecule has 2 amide bonds. The fourth-order valence-corrected chi connectivity index (χ4v) is 4.48. The van der Waals surface area contributed by atoms with E-state index in [9.17, 15) is 18.0 Å². The van der Waals surface area contributed by atoms with E-state index >= 15 is 0 Å². The molecule has 1 aromatic rings. The molecule has 24 heavy (non-hydrogen) atoms. The van der Waals surface area contributed by atoms with Gasteiger partial charge >= 0.3 is 0 Å². The van der Waals surface area contributed by atoms with Crippen LogP contribution >= 0.6 is 12.4 Å². The normalized spacial score (nSPS) is 18.7. The summed E-state index contributed by atoms with van der Waals surface area (Å²) in [7, 11) is -0.739. The number of imide groups is 1. The molecule has 2 aliphatic rings. The molecule has 7 nitrogen and oxygen atoms in total. The number of halogens is 1. The Morgan fingerprint density at radius 3 is 2.33 bits per heavy atom. The number of nitrogens with one attached hydrogen (secondary N) is 1. The third kappa shape index (κ3) is 2.95. The lowest BCUT2D eigenvalue weighted by atomic mass is 10.1. The van der Waals surface area contributed by atoms with Crippen LogP contribution in [0.3, 0.4) is 0 Å². The Morgan fingerprint density at radius 2 is 1.71 bits per heavy atom. The highest BCUT2D eigenvalue weighted by molar-refractivity contribution is 7.89. The van der Waals surface area contributed by atoms with E-state index in [-0.39, 0.29) is 34.5 Å². The quantitative estimate of drug-likeness (QED) is 0.788. The number of hydrogen-bond acceptors (Lipinski definition) is 5. The molecule has 2 aliphatic heterocycles. The van der Waals surface area contributed by atoms with E-state index in [0.29, 0.717) is 0 Å². The Kier molecular flexibility index (Phi) is 5.34. The molecule has 1 N–H and O–H groups in total. The average Bonchev–Trinajstić information content (AvgIpc) is 2.79. The van der Waals surface area contributed by atoms with Crippen molar-refractivity contribution in [2.45, 2.75) is 23.8 Å². The lowest BCUT2D eigenvalue weighted by Crippen LogP contribution is -2.43. The van der Waals surface area contributed by atoms with Gasteiger partial charge in [-0.3, -0.25) is 14.5 Å². The van der Waals surface area contributed by atoms with E-state index < -0.39 is 21.8 Å². The number of piperidine rings is 1. The summed E-state index contributed by atoms with van der Waals surface area (Å²) in [5.74, 6) is -0.868. The molecule has 0 spiro atoms. The molecule has 0 aromatic heterocycles. The molecule has 3 rings (SSSR count). The van der Waals surface area contributed by atoms with Crippen LogP contribution < -0.4 is 5.32 Å². The Hall–Kier alpha value is -1.48. The van der Waals surface area contributed by atoms with Crippen molar-refractivity contribution in [3.63, 3.8) is 0 Å². The zero-order chi connectivity index (χ0) is 16.8. The van der Waals surface area contributed by atoms with Gasteiger partial charge in [0.05, 0.1) is 16.0 Å². The van der Waals surface area contributed by atoms with Crippen molar-refractivity contribution >= 4 is 34.2 Å². The van der Waals surface area contributed by atoms with Crippen LogP contribution in [0, 0.1) is 0 Å². The molecule has 0 radical (unpaired) electrons. The smallest absolute Gasteiger partial charge is 0.261 e. The molecular weight excluding hydrogens is 354 g/mol. The molecule has 1 aromatic carbocycles. The Morgan fingerprint density at radius 1 is 1.12 bits per heavy atom. The SMILES string of the molecule is CN1C(=O)c2ccc(S(=O)(=O)N(C)C3CCNCC3)cc2C1=O.Cl. The average molecular weight is 374 g/mol. The number of fused-ring (bicyclic) bond motifs is 1. The van der Waals surface area contributed by atoms with Gasteiger partial charge in [0.25, 0.3) is 11.8 Å². The van der Waals surface area contributed by atoms with Crippen LogP contribution in [0.2, 0.25) is 0 Å². The summed E-state index contributed by atoms with van der Waals surface area (Å²) < 4.78 is 27.0. The van der Waals surface area contributed by atoms with E-state index in [2.05, 4.69) is 5.32 Å². The molecule has 132 valence electrons. The number of rotatable bonds is 3. The van der Waals surface area contributed by atoms with Gasteiger partial charge < -0.3 is 5.32 Å². The first kappa shape index (κ1) is 18.9. The second-order valence-electron chi connectivity index (χ2n) is 5.88. The summed E-state index contributed by atoms with van der Waals surface area (Å²) in [6.45, 7) is 1.57. The Labute approximate surface area is 147 Å². The van der Waals surface area contributed by atoms with Crippen LogP contribution in [0.1, 0.15) is 33.6 Å². The maximum Gasteiger partial charge on any atom is 0.261 e. The van der Waals surface area contributed by atoms with Crippen molar-refractivity contribution in [3.8, 4) is 0 Å². The number of hydrogen-bond donors (Lipinski definition) is 1. The molecular formula is C15H20ClN3O4S. The van der Waals surface area contributed by atoms with Gasteiger partial charge in [-0.1, -0.05) is 0 Å². The minimum Gasteiger partial charge on any atom is -0.317 e. The summed E-state index contributed by atoms with van der Waals surface area (Å²) >= 11 is 0. The minimum absolute atomic E-state index is 0. The highest BCUT2D eigenvalue weighted by Gasteiger charge is 2.35. The van der Waals surface area contributed by atoms with Gasteiger partial charge in [0.15, 0.2) is 0 Å². The first-order chi connectivity index (χ1) is 10.8. The lowest BCUT2D eigenvalue weighted by molar-refractivity contribution is 0.0693. The van der Waals surface area contributed by atoms with Crippen molar-refractivity contribution in [3.05, 3.63) is 29.3 Å². The van der Waals surface area contributed by atoms with E-state index in [0.717, 1.165) is 30.8 Å². The van der Waals surface area contributed by atoms with Crippen LogP contribution in [0.15, 0.2) is 23.1 Å². The van der Waals surface area contributed by atoms with Crippen LogP contribution in [-0.4, -0.2) is 62.7 Å². The summed E-state index contributed by atoms with van der Waals surface area (Å²) in [6, 6.07) is 4.07. The second-order valence-corrected chi connectivity index (χ2v) is 7.88. The monoisotopic (exact) mass is 373 g/mol. The van der Waals surface area contributed by atoms with Crippen molar-refractivity contribution in [1.29, 1.82) is 0 Å². The van der Waals surface area contributed by atoms with E-state index in [1.807, 2.05) is 0 Å². The first-order valence-electron chi connectivity index (χ1n) is 7.49. The molecule has 9 heteroatoms. The van der Waals surface area contributed by atoms with Gasteiger partial charge in [-0.25, -0.2) is 8.42 Å². The zero-order valence-corrected chi connectivity index (χ0v) is 15.1. The largest absolute Gasteiger partial charge is 0.317 e. The Balaban J connectivity index is 0.00000208. The van der Waals surface area contributed by atoms with Crippen LogP contribution in [0.25, 0.3) is 0 Å². The predicted molar refractivity (Wildman–Crippen MR) is 91.0 cm³/mol. The van der Waals surface area contributed by atoms with Gasteiger partial charge in [-0.2, -0.15) is 4.31 Å². The number of amides is 2. The van der Waals surface area contributed by atoms with Crippen LogP contribution in [-0.2, 0) is 10.0 Å². The summed E-state index contributed by atoms with van der Waals surface area (Å²) in [5.41, 5.74) is 0.401. The van der Waals surface area contributed by atoms with Gasteiger partial charge in [-0.15, -0.1) is 12.4 Å². The van der Waals surface area contributed by atoms with Crippen LogP contribution in [0.4, 0.5) is 0 Å². The second kappa shape index (κ2) is 6.79.